The van der Waals surface area contributed by atoms with E-state index >= 15 is 0 Å². The number of benzene rings is 1. The molecule has 1 aromatic carbocycles. The molecule has 1 N–H and O–H groups in total. The Balaban J connectivity index is 1.24. The summed E-state index contributed by atoms with van der Waals surface area (Å²) in [4.78, 5) is 39.4. The summed E-state index contributed by atoms with van der Waals surface area (Å²) in [6.07, 6.45) is 10.7. The zero-order chi connectivity index (χ0) is 29.8. The monoisotopic (exact) mass is 579 g/mol. The average Bonchev–Trinajstić information content (AvgIpc) is 3.46. The van der Waals surface area contributed by atoms with E-state index in [4.69, 9.17) is 4.42 Å². The zero-order valence-electron chi connectivity index (χ0n) is 23.0. The first-order valence-corrected chi connectivity index (χ1v) is 13.8. The van der Waals surface area contributed by atoms with Crippen LogP contribution in [0.4, 0.5) is 8.78 Å². The molecule has 2 amide bonds. The number of rotatable bonds is 7. The molecule has 1 aliphatic rings. The fourth-order valence-corrected chi connectivity index (χ4v) is 4.98. The second-order valence-corrected chi connectivity index (χ2v) is 10.3. The van der Waals surface area contributed by atoms with E-state index < -0.39 is 5.92 Å². The largest absolute Gasteiger partial charge is 0.459 e. The number of alkyl halides is 2. The molecule has 0 radical (unpaired) electrons. The van der Waals surface area contributed by atoms with Crippen LogP contribution in [0.3, 0.4) is 0 Å². The lowest BCUT2D eigenvalue weighted by molar-refractivity contribution is -0.116. The fourth-order valence-electron chi connectivity index (χ4n) is 4.98. The van der Waals surface area contributed by atoms with Crippen LogP contribution in [0.1, 0.15) is 34.5 Å². The number of halogens is 2. The van der Waals surface area contributed by atoms with E-state index in [1.165, 1.54) is 17.2 Å². The average molecular weight is 580 g/mol. The first-order chi connectivity index (χ1) is 20.8. The molecule has 0 spiro atoms. The van der Waals surface area contributed by atoms with Gasteiger partial charge in [0.15, 0.2) is 0 Å². The Hall–Kier alpha value is -5.25. The highest BCUT2D eigenvalue weighted by Crippen LogP contribution is 2.35. The molecule has 5 heterocycles. The van der Waals surface area contributed by atoms with Gasteiger partial charge < -0.3 is 14.6 Å². The molecule has 1 aliphatic heterocycles. The molecule has 8 nitrogen and oxygen atoms in total. The summed E-state index contributed by atoms with van der Waals surface area (Å²) < 4.78 is 33.3. The Bertz CT molecular complexity index is 1780. The molecule has 0 bridgehead atoms. The van der Waals surface area contributed by atoms with Gasteiger partial charge in [0.1, 0.15) is 11.3 Å². The third-order valence-electron chi connectivity index (χ3n) is 7.30. The minimum absolute atomic E-state index is 0.0175. The summed E-state index contributed by atoms with van der Waals surface area (Å²) in [5.74, 6) is -2.72. The van der Waals surface area contributed by atoms with Crippen molar-refractivity contribution < 1.29 is 22.8 Å². The molecule has 10 heteroatoms. The number of fused-ring (bicyclic) bond motifs is 1. The number of amides is 2. The van der Waals surface area contributed by atoms with E-state index in [-0.39, 0.29) is 44.3 Å². The van der Waals surface area contributed by atoms with E-state index in [1.54, 1.807) is 49.1 Å². The number of likely N-dealkylation sites (tertiary alicyclic amines) is 1. The van der Waals surface area contributed by atoms with Gasteiger partial charge in [-0.25, -0.2) is 8.78 Å². The van der Waals surface area contributed by atoms with Crippen molar-refractivity contribution in [1.29, 1.82) is 0 Å². The van der Waals surface area contributed by atoms with E-state index in [1.807, 2.05) is 36.4 Å². The number of pyridine rings is 3. The van der Waals surface area contributed by atoms with Gasteiger partial charge in [-0.2, -0.15) is 0 Å². The molecule has 0 unspecified atom stereocenters. The van der Waals surface area contributed by atoms with Crippen molar-refractivity contribution in [3.05, 3.63) is 109 Å². The quantitative estimate of drug-likeness (QED) is 0.232. The lowest BCUT2D eigenvalue weighted by Gasteiger charge is -2.31. The molecular weight excluding hydrogens is 552 g/mol. The maximum absolute atomic E-state index is 13.5. The first-order valence-electron chi connectivity index (χ1n) is 13.8. The minimum Gasteiger partial charge on any atom is -0.459 e. The SMILES string of the molecule is O=C(C=Cc1cccnc1)NCc1cc2cc(-c3ccc(C(=O)N4CCC(F)(F)CC4)cn3)cc(-c3ccncc3)c2o1. The van der Waals surface area contributed by atoms with Crippen molar-refractivity contribution in [3.63, 3.8) is 0 Å². The Morgan fingerprint density at radius 1 is 0.953 bits per heavy atom. The molecule has 5 aromatic rings. The molecule has 1 fully saturated rings. The maximum atomic E-state index is 13.5. The summed E-state index contributed by atoms with van der Waals surface area (Å²) >= 11 is 0. The number of hydrogen-bond acceptors (Lipinski definition) is 6. The molecule has 0 saturated carbocycles. The van der Waals surface area contributed by atoms with Gasteiger partial charge in [0.25, 0.3) is 11.8 Å². The van der Waals surface area contributed by atoms with Gasteiger partial charge in [0.2, 0.25) is 5.91 Å². The van der Waals surface area contributed by atoms with Crippen LogP contribution >= 0.6 is 0 Å². The number of furan rings is 1. The number of nitrogens with one attached hydrogen (secondary N) is 1. The van der Waals surface area contributed by atoms with Crippen LogP contribution < -0.4 is 5.32 Å². The van der Waals surface area contributed by atoms with Gasteiger partial charge >= 0.3 is 0 Å². The Morgan fingerprint density at radius 3 is 2.49 bits per heavy atom. The highest BCUT2D eigenvalue weighted by atomic mass is 19.3. The second-order valence-electron chi connectivity index (χ2n) is 10.3. The molecule has 1 saturated heterocycles. The number of carbonyl (C=O) groups is 2. The Morgan fingerprint density at radius 2 is 1.77 bits per heavy atom. The normalized spacial score (nSPS) is 14.7. The summed E-state index contributed by atoms with van der Waals surface area (Å²) in [5, 5.41) is 3.66. The van der Waals surface area contributed by atoms with Gasteiger partial charge in [-0.3, -0.25) is 24.5 Å². The number of hydrogen-bond donors (Lipinski definition) is 1. The number of carbonyl (C=O) groups excluding carboxylic acids is 2. The van der Waals surface area contributed by atoms with Gasteiger partial charge in [-0.1, -0.05) is 6.07 Å². The molecule has 216 valence electrons. The summed E-state index contributed by atoms with van der Waals surface area (Å²) in [7, 11) is 0. The van der Waals surface area contributed by atoms with Gasteiger partial charge in [-0.15, -0.1) is 0 Å². The highest BCUT2D eigenvalue weighted by Gasteiger charge is 2.35. The third kappa shape index (κ3) is 6.48. The summed E-state index contributed by atoms with van der Waals surface area (Å²) in [6, 6.07) is 16.6. The van der Waals surface area contributed by atoms with Crippen molar-refractivity contribution in [2.24, 2.45) is 0 Å². The van der Waals surface area contributed by atoms with E-state index in [9.17, 15) is 18.4 Å². The number of aromatic nitrogens is 3. The van der Waals surface area contributed by atoms with Crippen molar-refractivity contribution in [2.75, 3.05) is 13.1 Å². The Kier molecular flexibility index (Phi) is 7.74. The molecule has 4 aromatic heterocycles. The Labute approximate surface area is 246 Å². The summed E-state index contributed by atoms with van der Waals surface area (Å²) in [6.45, 7) is 0.223. The first kappa shape index (κ1) is 27.9. The van der Waals surface area contributed by atoms with Gasteiger partial charge in [-0.05, 0) is 65.7 Å². The maximum Gasteiger partial charge on any atom is 0.255 e. The molecule has 43 heavy (non-hydrogen) atoms. The van der Waals surface area contributed by atoms with Crippen molar-refractivity contribution in [1.82, 2.24) is 25.2 Å². The van der Waals surface area contributed by atoms with Crippen LogP contribution in [-0.4, -0.2) is 50.7 Å². The highest BCUT2D eigenvalue weighted by molar-refractivity contribution is 5.97. The van der Waals surface area contributed by atoms with Gasteiger partial charge in [0, 0.05) is 79.5 Å². The van der Waals surface area contributed by atoms with Crippen LogP contribution in [0.15, 0.2) is 96.1 Å². The van der Waals surface area contributed by atoms with E-state index in [0.717, 1.165) is 27.6 Å². The lowest BCUT2D eigenvalue weighted by Crippen LogP contribution is -2.42. The third-order valence-corrected chi connectivity index (χ3v) is 7.30. The predicted octanol–water partition coefficient (Wildman–Crippen LogP) is 6.15. The summed E-state index contributed by atoms with van der Waals surface area (Å²) in [5.41, 5.74) is 4.96. The van der Waals surface area contributed by atoms with Crippen LogP contribution in [-0.2, 0) is 11.3 Å². The van der Waals surface area contributed by atoms with E-state index in [2.05, 4.69) is 20.3 Å². The second kappa shape index (κ2) is 11.9. The standard InChI is InChI=1S/C33H27F2N5O3/c34-33(35)9-14-40(15-10-33)32(42)24-4-5-29(38-20-24)25-16-26-17-27(21-39-30(41)6-3-22-2-1-11-37-19-22)43-31(26)28(18-25)23-7-12-36-13-8-23/h1-8,11-13,16-20H,9-10,14-15,21H2,(H,39,41). The van der Waals surface area contributed by atoms with E-state index in [0.29, 0.717) is 22.6 Å². The van der Waals surface area contributed by atoms with Crippen LogP contribution in [0.25, 0.3) is 39.4 Å². The minimum atomic E-state index is -2.72. The van der Waals surface area contributed by atoms with Crippen molar-refractivity contribution >= 4 is 28.9 Å². The zero-order valence-corrected chi connectivity index (χ0v) is 23.0. The van der Waals surface area contributed by atoms with Crippen LogP contribution in [0.5, 0.6) is 0 Å². The molecule has 0 atom stereocenters. The van der Waals surface area contributed by atoms with Crippen molar-refractivity contribution in [2.45, 2.75) is 25.3 Å². The topological polar surface area (TPSA) is 101 Å². The molecule has 0 aliphatic carbocycles. The molecule has 6 rings (SSSR count). The lowest BCUT2D eigenvalue weighted by atomic mass is 9.99. The fraction of sp³-hybridized carbons (Fsp3) is 0.182. The smallest absolute Gasteiger partial charge is 0.255 e. The predicted molar refractivity (Wildman–Crippen MR) is 158 cm³/mol. The van der Waals surface area contributed by atoms with Crippen LogP contribution in [0, 0.1) is 0 Å². The van der Waals surface area contributed by atoms with Crippen molar-refractivity contribution in [3.8, 4) is 22.4 Å². The van der Waals surface area contributed by atoms with Gasteiger partial charge in [0.05, 0.1) is 17.8 Å². The van der Waals surface area contributed by atoms with Crippen LogP contribution in [0.2, 0.25) is 0 Å². The number of nitrogens with zero attached hydrogens (tertiary/aromatic N) is 4. The number of piperidine rings is 1. The molecular formula is C33H27F2N5O3.